The first-order chi connectivity index (χ1) is 10.1. The summed E-state index contributed by atoms with van der Waals surface area (Å²) in [6, 6.07) is 4.47. The molecule has 0 saturated carbocycles. The molecule has 1 unspecified atom stereocenters. The molecular weight excluding hydrogens is 260 g/mol. The number of rotatable bonds is 9. The maximum absolute atomic E-state index is 5.82. The zero-order valence-corrected chi connectivity index (χ0v) is 14.1. The predicted molar refractivity (Wildman–Crippen MR) is 90.9 cm³/mol. The van der Waals surface area contributed by atoms with Crippen molar-refractivity contribution in [3.63, 3.8) is 0 Å². The van der Waals surface area contributed by atoms with Gasteiger partial charge in [-0.1, -0.05) is 19.9 Å². The lowest BCUT2D eigenvalue weighted by molar-refractivity contribution is 0.315. The van der Waals surface area contributed by atoms with Crippen LogP contribution in [0.4, 0.5) is 0 Å². The highest BCUT2D eigenvalue weighted by Crippen LogP contribution is 2.33. The lowest BCUT2D eigenvalue weighted by atomic mass is 9.84. The van der Waals surface area contributed by atoms with Crippen LogP contribution in [-0.4, -0.2) is 19.7 Å². The smallest absolute Gasteiger partial charge is 0.122 e. The highest BCUT2D eigenvalue weighted by atomic mass is 16.5. The number of nitrogens with two attached hydrogens (primary N) is 2. The van der Waals surface area contributed by atoms with Gasteiger partial charge in [0.05, 0.1) is 6.61 Å². The van der Waals surface area contributed by atoms with Crippen LogP contribution in [0.5, 0.6) is 5.75 Å². The van der Waals surface area contributed by atoms with E-state index in [9.17, 15) is 0 Å². The molecule has 0 radical (unpaired) electrons. The van der Waals surface area contributed by atoms with Gasteiger partial charge in [-0.15, -0.1) is 0 Å². The van der Waals surface area contributed by atoms with Crippen molar-refractivity contribution < 1.29 is 4.74 Å². The maximum Gasteiger partial charge on any atom is 0.122 e. The molecule has 0 spiro atoms. The van der Waals surface area contributed by atoms with Crippen molar-refractivity contribution >= 4 is 0 Å². The zero-order valence-electron chi connectivity index (χ0n) is 14.1. The van der Waals surface area contributed by atoms with Crippen LogP contribution in [0.25, 0.3) is 0 Å². The van der Waals surface area contributed by atoms with Crippen LogP contribution >= 0.6 is 0 Å². The van der Waals surface area contributed by atoms with Crippen molar-refractivity contribution in [1.29, 1.82) is 0 Å². The SMILES string of the molecule is CCCOc1cc(C)c(C(CC)CC(CN)CN)cc1C. The Morgan fingerprint density at radius 2 is 1.71 bits per heavy atom. The molecule has 21 heavy (non-hydrogen) atoms. The van der Waals surface area contributed by atoms with Crippen molar-refractivity contribution in [2.75, 3.05) is 19.7 Å². The number of aryl methyl sites for hydroxylation is 2. The molecule has 0 aliphatic heterocycles. The van der Waals surface area contributed by atoms with Gasteiger partial charge in [-0.3, -0.25) is 0 Å². The van der Waals surface area contributed by atoms with E-state index in [0.717, 1.165) is 31.6 Å². The number of benzene rings is 1. The molecule has 1 aromatic carbocycles. The van der Waals surface area contributed by atoms with Gasteiger partial charge in [0.15, 0.2) is 0 Å². The summed E-state index contributed by atoms with van der Waals surface area (Å²) in [4.78, 5) is 0. The third-order valence-corrected chi connectivity index (χ3v) is 4.24. The quantitative estimate of drug-likeness (QED) is 0.732. The normalized spacial score (nSPS) is 12.7. The van der Waals surface area contributed by atoms with E-state index >= 15 is 0 Å². The molecule has 0 aromatic heterocycles. The molecule has 0 saturated heterocycles. The van der Waals surface area contributed by atoms with E-state index in [2.05, 4.69) is 39.8 Å². The van der Waals surface area contributed by atoms with Gasteiger partial charge in [0, 0.05) is 0 Å². The van der Waals surface area contributed by atoms with Crippen LogP contribution in [0.15, 0.2) is 12.1 Å². The predicted octanol–water partition coefficient (Wildman–Crippen LogP) is 3.51. The largest absolute Gasteiger partial charge is 0.493 e. The number of ether oxygens (including phenoxy) is 1. The van der Waals surface area contributed by atoms with Crippen LogP contribution in [0, 0.1) is 19.8 Å². The Bertz CT molecular complexity index is 427. The average Bonchev–Trinajstić information content (AvgIpc) is 2.49. The van der Waals surface area contributed by atoms with Gasteiger partial charge in [-0.25, -0.2) is 0 Å². The van der Waals surface area contributed by atoms with E-state index in [4.69, 9.17) is 16.2 Å². The van der Waals surface area contributed by atoms with Crippen LogP contribution in [0.3, 0.4) is 0 Å². The molecule has 1 atom stereocenters. The van der Waals surface area contributed by atoms with Crippen LogP contribution in [-0.2, 0) is 0 Å². The standard InChI is InChI=1S/C18H32N2O/c1-5-7-21-18-9-13(3)17(8-14(18)4)16(6-2)10-15(11-19)12-20/h8-9,15-16H,5-7,10-12,19-20H2,1-4H3. The van der Waals surface area contributed by atoms with Crippen LogP contribution in [0.2, 0.25) is 0 Å². The summed E-state index contributed by atoms with van der Waals surface area (Å²) in [6.07, 6.45) is 3.22. The minimum atomic E-state index is 0.408. The highest BCUT2D eigenvalue weighted by Gasteiger charge is 2.18. The maximum atomic E-state index is 5.82. The summed E-state index contributed by atoms with van der Waals surface area (Å²) in [5.41, 5.74) is 15.6. The van der Waals surface area contributed by atoms with Gasteiger partial charge >= 0.3 is 0 Å². The monoisotopic (exact) mass is 292 g/mol. The molecule has 3 heteroatoms. The van der Waals surface area contributed by atoms with Crippen LogP contribution in [0.1, 0.15) is 55.7 Å². The second-order valence-electron chi connectivity index (χ2n) is 6.00. The fraction of sp³-hybridized carbons (Fsp3) is 0.667. The summed E-state index contributed by atoms with van der Waals surface area (Å²) in [5, 5.41) is 0. The Kier molecular flexibility index (Phi) is 7.76. The number of hydrogen-bond acceptors (Lipinski definition) is 3. The minimum Gasteiger partial charge on any atom is -0.493 e. The van der Waals surface area contributed by atoms with E-state index in [1.165, 1.54) is 16.7 Å². The van der Waals surface area contributed by atoms with E-state index in [0.29, 0.717) is 24.9 Å². The van der Waals surface area contributed by atoms with Gasteiger partial charge in [0.2, 0.25) is 0 Å². The second kappa shape index (κ2) is 9.06. The first-order valence-electron chi connectivity index (χ1n) is 8.21. The second-order valence-corrected chi connectivity index (χ2v) is 6.00. The van der Waals surface area contributed by atoms with Crippen molar-refractivity contribution in [1.82, 2.24) is 0 Å². The molecule has 0 aliphatic carbocycles. The Labute approximate surface area is 130 Å². The third-order valence-electron chi connectivity index (χ3n) is 4.24. The summed E-state index contributed by atoms with van der Waals surface area (Å²) in [7, 11) is 0. The van der Waals surface area contributed by atoms with E-state index in [-0.39, 0.29) is 0 Å². The molecule has 1 rings (SSSR count). The van der Waals surface area contributed by atoms with Gasteiger partial charge in [0.1, 0.15) is 5.75 Å². The van der Waals surface area contributed by atoms with Gasteiger partial charge in [-0.2, -0.15) is 0 Å². The van der Waals surface area contributed by atoms with Gasteiger partial charge < -0.3 is 16.2 Å². The zero-order chi connectivity index (χ0) is 15.8. The Morgan fingerprint density at radius 3 is 2.24 bits per heavy atom. The topological polar surface area (TPSA) is 61.3 Å². The highest BCUT2D eigenvalue weighted by molar-refractivity contribution is 5.43. The van der Waals surface area contributed by atoms with Crippen molar-refractivity contribution in [3.05, 3.63) is 28.8 Å². The molecular formula is C18H32N2O. The van der Waals surface area contributed by atoms with Gasteiger partial charge in [0.25, 0.3) is 0 Å². The van der Waals surface area contributed by atoms with Crippen molar-refractivity contribution in [3.8, 4) is 5.75 Å². The first kappa shape index (κ1) is 18.0. The van der Waals surface area contributed by atoms with Gasteiger partial charge in [-0.05, 0) is 80.8 Å². The average molecular weight is 292 g/mol. The van der Waals surface area contributed by atoms with Crippen molar-refractivity contribution in [2.45, 2.75) is 52.9 Å². The fourth-order valence-electron chi connectivity index (χ4n) is 2.82. The summed E-state index contributed by atoms with van der Waals surface area (Å²) in [5.74, 6) is 1.95. The van der Waals surface area contributed by atoms with Crippen molar-refractivity contribution in [2.24, 2.45) is 17.4 Å². The molecule has 0 amide bonds. The lowest BCUT2D eigenvalue weighted by Crippen LogP contribution is -2.25. The molecule has 120 valence electrons. The molecule has 0 aliphatic rings. The molecule has 3 nitrogen and oxygen atoms in total. The van der Waals surface area contributed by atoms with E-state index < -0.39 is 0 Å². The summed E-state index contributed by atoms with van der Waals surface area (Å²) < 4.78 is 5.82. The minimum absolute atomic E-state index is 0.408. The lowest BCUT2D eigenvalue weighted by Gasteiger charge is -2.24. The molecule has 0 fully saturated rings. The molecule has 4 N–H and O–H groups in total. The number of hydrogen-bond donors (Lipinski definition) is 2. The fourth-order valence-corrected chi connectivity index (χ4v) is 2.82. The Morgan fingerprint density at radius 1 is 1.05 bits per heavy atom. The summed E-state index contributed by atoms with van der Waals surface area (Å²) >= 11 is 0. The molecule has 0 bridgehead atoms. The van der Waals surface area contributed by atoms with Crippen LogP contribution < -0.4 is 16.2 Å². The Balaban J connectivity index is 2.96. The van der Waals surface area contributed by atoms with E-state index in [1.807, 2.05) is 0 Å². The Hall–Kier alpha value is -1.06. The molecule has 1 aromatic rings. The van der Waals surface area contributed by atoms with E-state index in [1.54, 1.807) is 0 Å². The third kappa shape index (κ3) is 5.01. The molecule has 0 heterocycles. The summed E-state index contributed by atoms with van der Waals surface area (Å²) in [6.45, 7) is 10.8. The first-order valence-corrected chi connectivity index (χ1v) is 8.21.